The van der Waals surface area contributed by atoms with E-state index in [1.165, 1.54) is 5.56 Å². The van der Waals surface area contributed by atoms with Crippen molar-refractivity contribution < 1.29 is 9.32 Å². The van der Waals surface area contributed by atoms with Crippen molar-refractivity contribution in [2.75, 3.05) is 0 Å². The van der Waals surface area contributed by atoms with Crippen molar-refractivity contribution in [3.8, 4) is 11.3 Å². The van der Waals surface area contributed by atoms with Gasteiger partial charge < -0.3 is 9.84 Å². The Morgan fingerprint density at radius 2 is 2.00 bits per heavy atom. The molecule has 1 aromatic carbocycles. The van der Waals surface area contributed by atoms with Crippen molar-refractivity contribution >= 4 is 5.91 Å². The first-order valence-electron chi connectivity index (χ1n) is 7.84. The van der Waals surface area contributed by atoms with Crippen molar-refractivity contribution in [3.05, 3.63) is 59.5 Å². The second-order valence-electron chi connectivity index (χ2n) is 5.94. The second kappa shape index (κ2) is 6.70. The highest BCUT2D eigenvalue weighted by atomic mass is 16.5. The molecule has 0 aliphatic carbocycles. The topological polar surface area (TPSA) is 73.0 Å². The van der Waals surface area contributed by atoms with Crippen molar-refractivity contribution in [2.24, 2.45) is 0 Å². The summed E-state index contributed by atoms with van der Waals surface area (Å²) in [6.45, 7) is 6.10. The predicted molar refractivity (Wildman–Crippen MR) is 90.2 cm³/mol. The Labute approximate surface area is 140 Å². The maximum absolute atomic E-state index is 12.2. The van der Waals surface area contributed by atoms with Crippen LogP contribution in [-0.4, -0.2) is 20.8 Å². The summed E-state index contributed by atoms with van der Waals surface area (Å²) >= 11 is 0. The van der Waals surface area contributed by atoms with Crippen LogP contribution in [0.3, 0.4) is 0 Å². The number of rotatable bonds is 5. The van der Waals surface area contributed by atoms with Gasteiger partial charge in [-0.05, 0) is 26.3 Å². The quantitative estimate of drug-likeness (QED) is 0.783. The molecule has 3 rings (SSSR count). The standard InChI is InChI=1S/C18H20N4O2/c1-12-4-6-15(7-5-12)17-8-16(21-24-17)10-19-18(23)14(3)22-11-13(2)9-20-22/h4-9,11,14H,10H2,1-3H3,(H,19,23)/t14-/m1/s1. The lowest BCUT2D eigenvalue weighted by Gasteiger charge is -2.11. The SMILES string of the molecule is Cc1ccc(-c2cc(CNC(=O)[C@@H](C)n3cc(C)cn3)no2)cc1. The molecule has 0 fully saturated rings. The Kier molecular flexibility index (Phi) is 4.46. The van der Waals surface area contributed by atoms with E-state index in [-0.39, 0.29) is 11.9 Å². The van der Waals surface area contributed by atoms with Gasteiger partial charge in [-0.15, -0.1) is 0 Å². The van der Waals surface area contributed by atoms with Gasteiger partial charge in [-0.1, -0.05) is 35.0 Å². The summed E-state index contributed by atoms with van der Waals surface area (Å²) in [5, 5.41) is 11.0. The summed E-state index contributed by atoms with van der Waals surface area (Å²) in [5.41, 5.74) is 3.86. The van der Waals surface area contributed by atoms with E-state index in [1.807, 2.05) is 57.3 Å². The number of benzene rings is 1. The third-order valence-electron chi connectivity index (χ3n) is 3.85. The minimum Gasteiger partial charge on any atom is -0.356 e. The van der Waals surface area contributed by atoms with Crippen molar-refractivity contribution in [2.45, 2.75) is 33.4 Å². The molecule has 0 bridgehead atoms. The van der Waals surface area contributed by atoms with Crippen LogP contribution in [0.5, 0.6) is 0 Å². The van der Waals surface area contributed by atoms with Crippen LogP contribution in [0.2, 0.25) is 0 Å². The molecule has 0 saturated heterocycles. The van der Waals surface area contributed by atoms with E-state index < -0.39 is 0 Å². The Bertz CT molecular complexity index is 833. The van der Waals surface area contributed by atoms with Crippen molar-refractivity contribution in [1.82, 2.24) is 20.3 Å². The van der Waals surface area contributed by atoms with Crippen LogP contribution < -0.4 is 5.32 Å². The van der Waals surface area contributed by atoms with Gasteiger partial charge in [0, 0.05) is 17.8 Å². The van der Waals surface area contributed by atoms with E-state index in [4.69, 9.17) is 4.52 Å². The zero-order chi connectivity index (χ0) is 17.1. The smallest absolute Gasteiger partial charge is 0.244 e. The van der Waals surface area contributed by atoms with Gasteiger partial charge in [-0.2, -0.15) is 5.10 Å². The zero-order valence-corrected chi connectivity index (χ0v) is 14.0. The summed E-state index contributed by atoms with van der Waals surface area (Å²) in [6, 6.07) is 9.48. The van der Waals surface area contributed by atoms with E-state index in [9.17, 15) is 4.79 Å². The number of hydrogen-bond donors (Lipinski definition) is 1. The largest absolute Gasteiger partial charge is 0.356 e. The highest BCUT2D eigenvalue weighted by Gasteiger charge is 2.16. The van der Waals surface area contributed by atoms with Crippen molar-refractivity contribution in [1.29, 1.82) is 0 Å². The van der Waals surface area contributed by atoms with Gasteiger partial charge in [0.15, 0.2) is 5.76 Å². The van der Waals surface area contributed by atoms with E-state index in [2.05, 4.69) is 15.6 Å². The number of carbonyl (C=O) groups is 1. The average Bonchev–Trinajstić information content (AvgIpc) is 3.22. The molecule has 1 N–H and O–H groups in total. The third-order valence-corrected chi connectivity index (χ3v) is 3.85. The number of nitrogens with zero attached hydrogens (tertiary/aromatic N) is 3. The maximum Gasteiger partial charge on any atom is 0.244 e. The number of amides is 1. The van der Waals surface area contributed by atoms with Crippen molar-refractivity contribution in [3.63, 3.8) is 0 Å². The highest BCUT2D eigenvalue weighted by Crippen LogP contribution is 2.20. The lowest BCUT2D eigenvalue weighted by molar-refractivity contribution is -0.124. The zero-order valence-electron chi connectivity index (χ0n) is 14.0. The van der Waals surface area contributed by atoms with Crippen LogP contribution >= 0.6 is 0 Å². The molecule has 2 aromatic heterocycles. The lowest BCUT2D eigenvalue weighted by atomic mass is 10.1. The summed E-state index contributed by atoms with van der Waals surface area (Å²) < 4.78 is 7.00. The number of carbonyl (C=O) groups excluding carboxylic acids is 1. The van der Waals surface area contributed by atoms with Gasteiger partial charge in [0.2, 0.25) is 5.91 Å². The van der Waals surface area contributed by atoms with Gasteiger partial charge >= 0.3 is 0 Å². The highest BCUT2D eigenvalue weighted by molar-refractivity contribution is 5.79. The molecule has 3 aromatic rings. The molecule has 0 aliphatic rings. The number of nitrogens with one attached hydrogen (secondary N) is 1. The molecule has 124 valence electrons. The molecule has 0 saturated carbocycles. The summed E-state index contributed by atoms with van der Waals surface area (Å²) in [7, 11) is 0. The first-order chi connectivity index (χ1) is 11.5. The Balaban J connectivity index is 1.61. The summed E-state index contributed by atoms with van der Waals surface area (Å²) in [4.78, 5) is 12.2. The number of hydrogen-bond acceptors (Lipinski definition) is 4. The normalized spacial score (nSPS) is 12.1. The van der Waals surface area contributed by atoms with Crippen LogP contribution in [0, 0.1) is 13.8 Å². The molecule has 0 aliphatic heterocycles. The molecule has 6 heteroatoms. The van der Waals surface area contributed by atoms with Gasteiger partial charge in [-0.25, -0.2) is 0 Å². The van der Waals surface area contributed by atoms with Crippen LogP contribution in [0.15, 0.2) is 47.2 Å². The molecule has 1 amide bonds. The Morgan fingerprint density at radius 3 is 2.67 bits per heavy atom. The Morgan fingerprint density at radius 1 is 1.25 bits per heavy atom. The molecular weight excluding hydrogens is 304 g/mol. The summed E-state index contributed by atoms with van der Waals surface area (Å²) in [5.74, 6) is 0.577. The first kappa shape index (κ1) is 16.0. The summed E-state index contributed by atoms with van der Waals surface area (Å²) in [6.07, 6.45) is 3.57. The predicted octanol–water partition coefficient (Wildman–Crippen LogP) is 3.03. The van der Waals surface area contributed by atoms with Crippen LogP contribution in [-0.2, 0) is 11.3 Å². The Hall–Kier alpha value is -2.89. The van der Waals surface area contributed by atoms with Gasteiger partial charge in [-0.3, -0.25) is 9.48 Å². The van der Waals surface area contributed by atoms with Gasteiger partial charge in [0.1, 0.15) is 11.7 Å². The van der Waals surface area contributed by atoms with Crippen LogP contribution in [0.4, 0.5) is 0 Å². The van der Waals surface area contributed by atoms with E-state index in [1.54, 1.807) is 10.9 Å². The third kappa shape index (κ3) is 3.53. The molecule has 0 spiro atoms. The van der Waals surface area contributed by atoms with Crippen LogP contribution in [0.1, 0.15) is 29.8 Å². The first-order valence-corrected chi connectivity index (χ1v) is 7.84. The maximum atomic E-state index is 12.2. The monoisotopic (exact) mass is 324 g/mol. The van der Waals surface area contributed by atoms with E-state index in [0.717, 1.165) is 11.1 Å². The fourth-order valence-corrected chi connectivity index (χ4v) is 2.34. The lowest BCUT2D eigenvalue weighted by Crippen LogP contribution is -2.30. The molecule has 24 heavy (non-hydrogen) atoms. The minimum atomic E-state index is -0.373. The molecule has 6 nitrogen and oxygen atoms in total. The fourth-order valence-electron chi connectivity index (χ4n) is 2.34. The second-order valence-corrected chi connectivity index (χ2v) is 5.94. The molecule has 2 heterocycles. The van der Waals surface area contributed by atoms with E-state index >= 15 is 0 Å². The molecule has 0 radical (unpaired) electrons. The number of aromatic nitrogens is 3. The molecule has 1 atom stereocenters. The van der Waals surface area contributed by atoms with Gasteiger partial charge in [0.25, 0.3) is 0 Å². The average molecular weight is 324 g/mol. The number of aryl methyl sites for hydroxylation is 2. The molecular formula is C18H20N4O2. The van der Waals surface area contributed by atoms with Gasteiger partial charge in [0.05, 0.1) is 12.7 Å². The molecule has 0 unspecified atom stereocenters. The minimum absolute atomic E-state index is 0.113. The van der Waals surface area contributed by atoms with E-state index in [0.29, 0.717) is 18.0 Å². The van der Waals surface area contributed by atoms with Crippen LogP contribution in [0.25, 0.3) is 11.3 Å². The fraction of sp³-hybridized carbons (Fsp3) is 0.278.